The number of carbonyl (C=O) groups is 1. The standard InChI is InChI=1S/C27H35F2N5O3S/c1-26(29)8-12-34(17-26)24-22(37-18-28)4-5-23(31-24)32-25(36)20-3-2-19(38-30-11-15-35)16-21(20)33-13-9-27(6-7-27)10-14-33/h2-5,16,30,35H,6-15,17-18H2,1H3,(H,31,32,36). The Labute approximate surface area is 226 Å². The third-order valence-corrected chi connectivity index (χ3v) is 8.59. The van der Waals surface area contributed by atoms with Gasteiger partial charge in [0.1, 0.15) is 11.5 Å². The van der Waals surface area contributed by atoms with E-state index in [0.717, 1.165) is 36.5 Å². The van der Waals surface area contributed by atoms with Gasteiger partial charge in [-0.25, -0.2) is 13.8 Å². The van der Waals surface area contributed by atoms with Crippen LogP contribution in [0.15, 0.2) is 35.2 Å². The number of aromatic nitrogens is 1. The van der Waals surface area contributed by atoms with Gasteiger partial charge in [-0.1, -0.05) is 0 Å². The van der Waals surface area contributed by atoms with Gasteiger partial charge in [-0.2, -0.15) is 0 Å². The number of nitrogens with zero attached hydrogens (tertiary/aromatic N) is 3. The normalized spacial score (nSPS) is 22.1. The molecule has 1 amide bonds. The summed E-state index contributed by atoms with van der Waals surface area (Å²) in [5, 5.41) is 12.0. The van der Waals surface area contributed by atoms with Crippen molar-refractivity contribution in [3.63, 3.8) is 0 Å². The third kappa shape index (κ3) is 6.16. The number of pyridine rings is 1. The van der Waals surface area contributed by atoms with Crippen molar-refractivity contribution < 1.29 is 23.4 Å². The van der Waals surface area contributed by atoms with Gasteiger partial charge in [0.05, 0.1) is 24.4 Å². The molecule has 3 fully saturated rings. The van der Waals surface area contributed by atoms with Crippen molar-refractivity contribution in [3.05, 3.63) is 35.9 Å². The van der Waals surface area contributed by atoms with Crippen molar-refractivity contribution in [2.24, 2.45) is 5.41 Å². The first-order valence-electron chi connectivity index (χ1n) is 13.2. The van der Waals surface area contributed by atoms with Crippen LogP contribution in [0.4, 0.5) is 26.1 Å². The van der Waals surface area contributed by atoms with E-state index in [0.29, 0.717) is 36.3 Å². The van der Waals surface area contributed by atoms with Gasteiger partial charge in [-0.15, -0.1) is 0 Å². The van der Waals surface area contributed by atoms with Crippen molar-refractivity contribution in [2.45, 2.75) is 49.6 Å². The Morgan fingerprint density at radius 3 is 2.55 bits per heavy atom. The van der Waals surface area contributed by atoms with E-state index in [2.05, 4.69) is 19.9 Å². The number of nitrogens with one attached hydrogen (secondary N) is 2. The van der Waals surface area contributed by atoms with Gasteiger partial charge >= 0.3 is 0 Å². The van der Waals surface area contributed by atoms with E-state index in [9.17, 15) is 13.6 Å². The fourth-order valence-electron chi connectivity index (χ4n) is 5.30. The van der Waals surface area contributed by atoms with Crippen LogP contribution in [-0.4, -0.2) is 67.9 Å². The number of halogens is 2. The lowest BCUT2D eigenvalue weighted by Crippen LogP contribution is -2.35. The van der Waals surface area contributed by atoms with Crippen LogP contribution in [-0.2, 0) is 0 Å². The molecule has 1 aromatic carbocycles. The first-order valence-corrected chi connectivity index (χ1v) is 14.0. The molecule has 0 radical (unpaired) electrons. The van der Waals surface area contributed by atoms with Crippen molar-refractivity contribution in [1.82, 2.24) is 9.71 Å². The first-order chi connectivity index (χ1) is 18.3. The molecule has 1 aliphatic carbocycles. The fourth-order valence-corrected chi connectivity index (χ4v) is 5.97. The van der Waals surface area contributed by atoms with Crippen LogP contribution < -0.4 is 24.6 Å². The molecule has 1 aromatic heterocycles. The largest absolute Gasteiger partial charge is 0.459 e. The number of aliphatic hydroxyl groups is 1. The van der Waals surface area contributed by atoms with Crippen molar-refractivity contribution in [3.8, 4) is 5.75 Å². The molecule has 2 saturated heterocycles. The van der Waals surface area contributed by atoms with Crippen LogP contribution >= 0.6 is 11.9 Å². The molecule has 206 valence electrons. The van der Waals surface area contributed by atoms with Crippen LogP contribution in [0.1, 0.15) is 49.4 Å². The smallest absolute Gasteiger partial charge is 0.258 e. The zero-order chi connectivity index (χ0) is 26.8. The van der Waals surface area contributed by atoms with Gasteiger partial charge in [-0.3, -0.25) is 9.52 Å². The number of benzene rings is 1. The molecule has 5 rings (SSSR count). The lowest BCUT2D eigenvalue weighted by Gasteiger charge is -2.35. The van der Waals surface area contributed by atoms with E-state index >= 15 is 0 Å². The number of rotatable bonds is 10. The quantitative estimate of drug-likeness (QED) is 0.295. The zero-order valence-corrected chi connectivity index (χ0v) is 22.5. The highest BCUT2D eigenvalue weighted by Gasteiger charge is 2.44. The molecule has 2 aromatic rings. The van der Waals surface area contributed by atoms with E-state index in [1.807, 2.05) is 18.2 Å². The summed E-state index contributed by atoms with van der Waals surface area (Å²) in [6.45, 7) is 3.33. The number of piperidine rings is 1. The second-order valence-electron chi connectivity index (χ2n) is 10.7. The molecule has 8 nitrogen and oxygen atoms in total. The second kappa shape index (κ2) is 11.2. The second-order valence-corrected chi connectivity index (χ2v) is 11.7. The zero-order valence-electron chi connectivity index (χ0n) is 21.6. The van der Waals surface area contributed by atoms with Crippen molar-refractivity contribution in [2.75, 3.05) is 61.3 Å². The SMILES string of the molecule is CC1(F)CCN(c2nc(NC(=O)c3ccc(SNCCO)cc3N3CCC4(CC3)CC4)ccc2OCF)C1. The number of aliphatic hydroxyl groups excluding tert-OH is 1. The summed E-state index contributed by atoms with van der Waals surface area (Å²) in [4.78, 5) is 23.0. The molecule has 3 aliphatic rings. The molecule has 1 atom stereocenters. The van der Waals surface area contributed by atoms with Gasteiger partial charge in [0, 0.05) is 37.5 Å². The van der Waals surface area contributed by atoms with Crippen LogP contribution in [0.3, 0.4) is 0 Å². The highest BCUT2D eigenvalue weighted by atomic mass is 32.2. The molecular formula is C27H35F2N5O3S. The van der Waals surface area contributed by atoms with Crippen LogP contribution in [0.2, 0.25) is 0 Å². The molecule has 38 heavy (non-hydrogen) atoms. The van der Waals surface area contributed by atoms with Crippen LogP contribution in [0.25, 0.3) is 0 Å². The average Bonchev–Trinajstić information content (AvgIpc) is 3.56. The van der Waals surface area contributed by atoms with Gasteiger partial charge in [0.2, 0.25) is 6.86 Å². The molecule has 1 unspecified atom stereocenters. The van der Waals surface area contributed by atoms with E-state index in [-0.39, 0.29) is 30.6 Å². The lowest BCUT2D eigenvalue weighted by atomic mass is 9.93. The minimum atomic E-state index is -1.37. The molecule has 1 saturated carbocycles. The Morgan fingerprint density at radius 2 is 1.89 bits per heavy atom. The lowest BCUT2D eigenvalue weighted by molar-refractivity contribution is 0.102. The maximum absolute atomic E-state index is 14.5. The summed E-state index contributed by atoms with van der Waals surface area (Å²) >= 11 is 1.42. The average molecular weight is 548 g/mol. The van der Waals surface area contributed by atoms with E-state index < -0.39 is 12.5 Å². The Kier molecular flexibility index (Phi) is 7.97. The molecule has 3 N–H and O–H groups in total. The number of hydrogen-bond donors (Lipinski definition) is 3. The van der Waals surface area contributed by atoms with Gasteiger partial charge in [0.25, 0.3) is 5.91 Å². The number of alkyl halides is 2. The number of amides is 1. The number of ether oxygens (including phenoxy) is 1. The van der Waals surface area contributed by atoms with Crippen molar-refractivity contribution in [1.29, 1.82) is 0 Å². The van der Waals surface area contributed by atoms with Crippen LogP contribution in [0.5, 0.6) is 5.75 Å². The Hall–Kier alpha value is -2.63. The number of anilines is 3. The molecule has 11 heteroatoms. The van der Waals surface area contributed by atoms with E-state index in [4.69, 9.17) is 9.84 Å². The third-order valence-electron chi connectivity index (χ3n) is 7.75. The van der Waals surface area contributed by atoms with Gasteiger partial charge in [-0.05, 0) is 80.3 Å². The van der Waals surface area contributed by atoms with E-state index in [1.165, 1.54) is 31.7 Å². The predicted molar refractivity (Wildman–Crippen MR) is 146 cm³/mol. The topological polar surface area (TPSA) is 90.0 Å². The maximum Gasteiger partial charge on any atom is 0.258 e. The van der Waals surface area contributed by atoms with E-state index in [1.54, 1.807) is 17.0 Å². The molecule has 3 heterocycles. The van der Waals surface area contributed by atoms with Crippen LogP contribution in [0, 0.1) is 5.41 Å². The molecule has 2 aliphatic heterocycles. The molecule has 1 spiro atoms. The molecule has 0 bridgehead atoms. The predicted octanol–water partition coefficient (Wildman–Crippen LogP) is 4.55. The maximum atomic E-state index is 14.5. The van der Waals surface area contributed by atoms with Gasteiger partial charge in [0.15, 0.2) is 11.6 Å². The fraction of sp³-hybridized carbons (Fsp3) is 0.556. The van der Waals surface area contributed by atoms with Crippen molar-refractivity contribution >= 4 is 35.2 Å². The molecular weight excluding hydrogens is 512 g/mol. The van der Waals surface area contributed by atoms with Gasteiger partial charge < -0.3 is 25.0 Å². The highest BCUT2D eigenvalue weighted by molar-refractivity contribution is 7.97. The summed E-state index contributed by atoms with van der Waals surface area (Å²) < 4.78 is 35.7. The minimum absolute atomic E-state index is 0.0424. The highest BCUT2D eigenvalue weighted by Crippen LogP contribution is 2.54. The summed E-state index contributed by atoms with van der Waals surface area (Å²) in [6, 6.07) is 8.82. The summed E-state index contributed by atoms with van der Waals surface area (Å²) in [5.41, 5.74) is 0.526. The Morgan fingerprint density at radius 1 is 1.13 bits per heavy atom. The number of carbonyl (C=O) groups excluding carboxylic acids is 1. The summed E-state index contributed by atoms with van der Waals surface area (Å²) in [6.07, 6.45) is 5.17. The summed E-state index contributed by atoms with van der Waals surface area (Å²) in [7, 11) is 0. The Bertz CT molecular complexity index is 1150. The summed E-state index contributed by atoms with van der Waals surface area (Å²) in [5.74, 6) is 0.506. The monoisotopic (exact) mass is 547 g/mol. The minimum Gasteiger partial charge on any atom is -0.459 e. The number of hydrogen-bond acceptors (Lipinski definition) is 8. The first kappa shape index (κ1) is 27.0. The Balaban J connectivity index is 1.38.